The lowest BCUT2D eigenvalue weighted by Gasteiger charge is -2.45. The van der Waals surface area contributed by atoms with Crippen LogP contribution in [0, 0.1) is 0 Å². The summed E-state index contributed by atoms with van der Waals surface area (Å²) in [6.45, 7) is 4.46. The molecule has 1 aliphatic heterocycles. The molecule has 0 aromatic heterocycles. The Morgan fingerprint density at radius 1 is 1.33 bits per heavy atom. The number of hydrogen-bond acceptors (Lipinski definition) is 3. The van der Waals surface area contributed by atoms with Crippen molar-refractivity contribution in [1.82, 2.24) is 15.1 Å². The Morgan fingerprint density at radius 3 is 2.44 bits per heavy atom. The van der Waals surface area contributed by atoms with Crippen molar-refractivity contribution >= 4 is 5.91 Å². The summed E-state index contributed by atoms with van der Waals surface area (Å²) in [7, 11) is 1.98. The van der Waals surface area contributed by atoms with Gasteiger partial charge < -0.3 is 10.2 Å². The average Bonchev–Trinajstić information content (AvgIpc) is 2.20. The Labute approximate surface area is 105 Å². The average molecular weight is 267 g/mol. The van der Waals surface area contributed by atoms with E-state index in [9.17, 15) is 18.0 Å². The van der Waals surface area contributed by atoms with Crippen molar-refractivity contribution in [3.63, 3.8) is 0 Å². The van der Waals surface area contributed by atoms with Crippen LogP contribution in [0.15, 0.2) is 0 Å². The van der Waals surface area contributed by atoms with Crippen molar-refractivity contribution in [3.05, 3.63) is 0 Å². The highest BCUT2D eigenvalue weighted by atomic mass is 19.4. The highest BCUT2D eigenvalue weighted by molar-refractivity contribution is 5.78. The summed E-state index contributed by atoms with van der Waals surface area (Å²) < 4.78 is 35.8. The summed E-state index contributed by atoms with van der Waals surface area (Å²) in [6.07, 6.45) is -4.28. The zero-order chi connectivity index (χ0) is 14.0. The number of carbonyl (C=O) groups excluding carboxylic acids is 1. The van der Waals surface area contributed by atoms with Crippen molar-refractivity contribution in [2.24, 2.45) is 0 Å². The van der Waals surface area contributed by atoms with Crippen LogP contribution >= 0.6 is 0 Å². The Balaban J connectivity index is 2.39. The van der Waals surface area contributed by atoms with E-state index in [2.05, 4.69) is 10.2 Å². The van der Waals surface area contributed by atoms with Gasteiger partial charge in [0.25, 0.3) is 0 Å². The van der Waals surface area contributed by atoms with Gasteiger partial charge in [-0.1, -0.05) is 0 Å². The third kappa shape index (κ3) is 4.45. The number of rotatable bonds is 3. The molecule has 0 spiro atoms. The van der Waals surface area contributed by atoms with Crippen LogP contribution in [0.1, 0.15) is 13.8 Å². The third-order valence-corrected chi connectivity index (χ3v) is 3.27. The highest BCUT2D eigenvalue weighted by Crippen LogP contribution is 2.18. The van der Waals surface area contributed by atoms with Gasteiger partial charge in [-0.2, -0.15) is 13.2 Å². The van der Waals surface area contributed by atoms with Crippen LogP contribution in [-0.2, 0) is 4.79 Å². The van der Waals surface area contributed by atoms with Gasteiger partial charge in [0.05, 0.1) is 13.1 Å². The van der Waals surface area contributed by atoms with E-state index in [1.165, 1.54) is 0 Å². The van der Waals surface area contributed by atoms with Crippen LogP contribution in [0.5, 0.6) is 0 Å². The molecule has 106 valence electrons. The molecule has 1 aliphatic rings. The van der Waals surface area contributed by atoms with E-state index in [0.717, 1.165) is 6.54 Å². The minimum atomic E-state index is -4.28. The van der Waals surface area contributed by atoms with Crippen molar-refractivity contribution < 1.29 is 18.0 Å². The van der Waals surface area contributed by atoms with E-state index < -0.39 is 12.7 Å². The van der Waals surface area contributed by atoms with E-state index in [-0.39, 0.29) is 18.0 Å². The summed E-state index contributed by atoms with van der Waals surface area (Å²) in [5.41, 5.74) is -0.141. The molecule has 0 aromatic rings. The summed E-state index contributed by atoms with van der Waals surface area (Å²) in [4.78, 5) is 15.5. The molecule has 1 saturated heterocycles. The Morgan fingerprint density at radius 2 is 1.94 bits per heavy atom. The van der Waals surface area contributed by atoms with E-state index in [4.69, 9.17) is 0 Å². The summed E-state index contributed by atoms with van der Waals surface area (Å²) in [5, 5.41) is 2.13. The zero-order valence-corrected chi connectivity index (χ0v) is 11.0. The Kier molecular flexibility index (Phi) is 4.61. The number of nitrogens with zero attached hydrogens (tertiary/aromatic N) is 2. The van der Waals surface area contributed by atoms with Gasteiger partial charge in [0.2, 0.25) is 5.91 Å². The third-order valence-electron chi connectivity index (χ3n) is 3.27. The molecule has 0 bridgehead atoms. The van der Waals surface area contributed by atoms with Gasteiger partial charge in [-0.05, 0) is 20.9 Å². The first kappa shape index (κ1) is 15.2. The van der Waals surface area contributed by atoms with Gasteiger partial charge in [0.1, 0.15) is 0 Å². The maximum atomic E-state index is 11.9. The Bertz CT molecular complexity index is 304. The molecule has 1 fully saturated rings. The topological polar surface area (TPSA) is 35.6 Å². The van der Waals surface area contributed by atoms with E-state index in [0.29, 0.717) is 13.1 Å². The summed E-state index contributed by atoms with van der Waals surface area (Å²) in [5.74, 6) is -0.277. The van der Waals surface area contributed by atoms with Crippen molar-refractivity contribution in [1.29, 1.82) is 0 Å². The lowest BCUT2D eigenvalue weighted by atomic mass is 10.00. The predicted octanol–water partition coefficient (Wildman–Crippen LogP) is 0.691. The number of alkyl halides is 3. The monoisotopic (exact) mass is 267 g/mol. The quantitative estimate of drug-likeness (QED) is 0.817. The fraction of sp³-hybridized carbons (Fsp3) is 0.909. The molecule has 0 aromatic carbocycles. The first-order valence-corrected chi connectivity index (χ1v) is 5.88. The molecule has 4 nitrogen and oxygen atoms in total. The normalized spacial score (nSPS) is 21.1. The minimum absolute atomic E-state index is 0.141. The largest absolute Gasteiger partial charge is 0.401 e. The van der Waals surface area contributed by atoms with Crippen LogP contribution in [0.2, 0.25) is 0 Å². The summed E-state index contributed by atoms with van der Waals surface area (Å²) in [6, 6.07) is 0. The number of halogens is 3. The lowest BCUT2D eigenvalue weighted by molar-refractivity contribution is -0.137. The van der Waals surface area contributed by atoms with Crippen LogP contribution in [0.4, 0.5) is 13.2 Å². The molecule has 0 saturated carbocycles. The molecular weight excluding hydrogens is 247 g/mol. The second-order valence-electron chi connectivity index (χ2n) is 5.27. The number of piperazine rings is 1. The van der Waals surface area contributed by atoms with Gasteiger partial charge in [0.15, 0.2) is 0 Å². The standard InChI is InChI=1S/C11H20F3N3O/c1-10(2)8-17(5-4-16(10)3)9(18)6-15-7-11(12,13)14/h15H,4-8H2,1-3H3. The van der Waals surface area contributed by atoms with Gasteiger partial charge >= 0.3 is 6.18 Å². The van der Waals surface area contributed by atoms with Crippen molar-refractivity contribution in [2.45, 2.75) is 25.6 Å². The molecular formula is C11H20F3N3O. The molecule has 1 heterocycles. The number of nitrogens with one attached hydrogen (secondary N) is 1. The maximum absolute atomic E-state index is 11.9. The minimum Gasteiger partial charge on any atom is -0.338 e. The smallest absolute Gasteiger partial charge is 0.338 e. The van der Waals surface area contributed by atoms with E-state index in [1.807, 2.05) is 20.9 Å². The van der Waals surface area contributed by atoms with Gasteiger partial charge in [-0.15, -0.1) is 0 Å². The number of carbonyl (C=O) groups is 1. The van der Waals surface area contributed by atoms with Gasteiger partial charge in [-0.3, -0.25) is 9.69 Å². The van der Waals surface area contributed by atoms with Crippen LogP contribution in [0.25, 0.3) is 0 Å². The van der Waals surface area contributed by atoms with Crippen LogP contribution < -0.4 is 5.32 Å². The molecule has 7 heteroatoms. The van der Waals surface area contributed by atoms with Crippen molar-refractivity contribution in [2.75, 3.05) is 39.8 Å². The molecule has 0 aliphatic carbocycles. The molecule has 0 radical (unpaired) electrons. The van der Waals surface area contributed by atoms with Gasteiger partial charge in [-0.25, -0.2) is 0 Å². The first-order chi connectivity index (χ1) is 8.12. The number of amides is 1. The molecule has 1 rings (SSSR count). The highest BCUT2D eigenvalue weighted by Gasteiger charge is 2.33. The van der Waals surface area contributed by atoms with E-state index in [1.54, 1.807) is 4.90 Å². The molecule has 0 atom stereocenters. The van der Waals surface area contributed by atoms with Crippen molar-refractivity contribution in [3.8, 4) is 0 Å². The van der Waals surface area contributed by atoms with Crippen LogP contribution in [-0.4, -0.2) is 67.2 Å². The molecule has 1 amide bonds. The molecule has 1 N–H and O–H groups in total. The van der Waals surface area contributed by atoms with E-state index >= 15 is 0 Å². The number of likely N-dealkylation sites (N-methyl/N-ethyl adjacent to an activating group) is 1. The second-order valence-corrected chi connectivity index (χ2v) is 5.27. The summed E-state index contributed by atoms with van der Waals surface area (Å²) >= 11 is 0. The Hall–Kier alpha value is -0.820. The fourth-order valence-corrected chi connectivity index (χ4v) is 1.88. The molecule has 0 unspecified atom stereocenters. The zero-order valence-electron chi connectivity index (χ0n) is 11.0. The SMILES string of the molecule is CN1CCN(C(=O)CNCC(F)(F)F)CC1(C)C. The molecule has 18 heavy (non-hydrogen) atoms. The van der Waals surface area contributed by atoms with Crippen LogP contribution in [0.3, 0.4) is 0 Å². The number of hydrogen-bond donors (Lipinski definition) is 1. The predicted molar refractivity (Wildman–Crippen MR) is 62.2 cm³/mol. The fourth-order valence-electron chi connectivity index (χ4n) is 1.88. The lowest BCUT2D eigenvalue weighted by Crippen LogP contribution is -2.60. The second kappa shape index (κ2) is 5.44. The van der Waals surface area contributed by atoms with Gasteiger partial charge in [0, 0.05) is 25.2 Å². The first-order valence-electron chi connectivity index (χ1n) is 5.88. The maximum Gasteiger partial charge on any atom is 0.401 e.